The van der Waals surface area contributed by atoms with Gasteiger partial charge in [0.15, 0.2) is 0 Å². The Hall–Kier alpha value is -2.04. The summed E-state index contributed by atoms with van der Waals surface area (Å²) in [5.74, 6) is -0.350. The van der Waals surface area contributed by atoms with Gasteiger partial charge in [-0.15, -0.1) is 0 Å². The highest BCUT2D eigenvalue weighted by Gasteiger charge is 2.15. The highest BCUT2D eigenvalue weighted by atomic mass is 16.6. The lowest BCUT2D eigenvalue weighted by atomic mass is 10.1. The van der Waals surface area contributed by atoms with Gasteiger partial charge in [0.25, 0.3) is 0 Å². The summed E-state index contributed by atoms with van der Waals surface area (Å²) < 4.78 is 10.2. The van der Waals surface area contributed by atoms with Gasteiger partial charge in [-0.3, -0.25) is 0 Å². The van der Waals surface area contributed by atoms with E-state index in [-0.39, 0.29) is 12.1 Å². The smallest absolute Gasteiger partial charge is 0.407 e. The van der Waals surface area contributed by atoms with E-state index in [9.17, 15) is 9.59 Å². The van der Waals surface area contributed by atoms with Crippen LogP contribution in [-0.2, 0) is 16.0 Å². The number of carbonyl (C=O) groups is 2. The van der Waals surface area contributed by atoms with Crippen molar-refractivity contribution >= 4 is 12.1 Å². The summed E-state index contributed by atoms with van der Waals surface area (Å²) in [4.78, 5) is 23.2. The number of nitrogens with one attached hydrogen (secondary N) is 1. The van der Waals surface area contributed by atoms with E-state index in [1.54, 1.807) is 38.1 Å². The summed E-state index contributed by atoms with van der Waals surface area (Å²) in [5, 5.41) is 2.66. The summed E-state index contributed by atoms with van der Waals surface area (Å²) in [6, 6.07) is 6.90. The van der Waals surface area contributed by atoms with E-state index in [4.69, 9.17) is 9.47 Å². The largest absolute Gasteiger partial charge is 0.459 e. The molecule has 21 heavy (non-hydrogen) atoms. The van der Waals surface area contributed by atoms with Crippen LogP contribution in [0.25, 0.3) is 0 Å². The average Bonchev–Trinajstić information content (AvgIpc) is 2.34. The van der Waals surface area contributed by atoms with E-state index in [1.807, 2.05) is 20.8 Å². The first-order valence-electron chi connectivity index (χ1n) is 6.94. The Bertz CT molecular complexity index is 486. The van der Waals surface area contributed by atoms with Gasteiger partial charge in [-0.05, 0) is 52.3 Å². The van der Waals surface area contributed by atoms with Gasteiger partial charge in [-0.2, -0.15) is 0 Å². The summed E-state index contributed by atoms with van der Waals surface area (Å²) in [5.41, 5.74) is 0.848. The number of carbonyl (C=O) groups excluding carboxylic acids is 2. The Kier molecular flexibility index (Phi) is 5.76. The van der Waals surface area contributed by atoms with Gasteiger partial charge < -0.3 is 14.8 Å². The third-order valence-electron chi connectivity index (χ3n) is 2.37. The van der Waals surface area contributed by atoms with Gasteiger partial charge in [0, 0.05) is 6.54 Å². The average molecular weight is 293 g/mol. The molecule has 0 aliphatic carbocycles. The number of ether oxygens (including phenoxy) is 2. The molecule has 1 N–H and O–H groups in total. The molecule has 0 radical (unpaired) electrons. The Labute approximate surface area is 125 Å². The molecule has 5 heteroatoms. The van der Waals surface area contributed by atoms with Gasteiger partial charge in [0.1, 0.15) is 5.60 Å². The number of rotatable bonds is 4. The van der Waals surface area contributed by atoms with Crippen molar-refractivity contribution in [3.8, 4) is 0 Å². The fourth-order valence-electron chi connectivity index (χ4n) is 1.53. The minimum Gasteiger partial charge on any atom is -0.459 e. The van der Waals surface area contributed by atoms with Gasteiger partial charge in [0.2, 0.25) is 0 Å². The van der Waals surface area contributed by atoms with Gasteiger partial charge in [-0.1, -0.05) is 12.1 Å². The molecule has 0 aliphatic heterocycles. The third-order valence-corrected chi connectivity index (χ3v) is 2.37. The highest BCUT2D eigenvalue weighted by Crippen LogP contribution is 2.09. The lowest BCUT2D eigenvalue weighted by molar-refractivity contribution is 0.0377. The molecule has 0 spiro atoms. The minimum absolute atomic E-state index is 0.147. The van der Waals surface area contributed by atoms with Gasteiger partial charge in [-0.25, -0.2) is 9.59 Å². The molecular weight excluding hydrogens is 270 g/mol. The highest BCUT2D eigenvalue weighted by molar-refractivity contribution is 5.89. The molecule has 0 atom stereocenters. The first kappa shape index (κ1) is 17.0. The van der Waals surface area contributed by atoms with E-state index in [1.165, 1.54) is 0 Å². The summed E-state index contributed by atoms with van der Waals surface area (Å²) in [6.45, 7) is 9.37. The Morgan fingerprint density at radius 1 is 1.14 bits per heavy atom. The topological polar surface area (TPSA) is 64.6 Å². The van der Waals surface area contributed by atoms with Crippen LogP contribution in [0.5, 0.6) is 0 Å². The van der Waals surface area contributed by atoms with Crippen molar-refractivity contribution in [2.45, 2.75) is 52.9 Å². The second-order valence-electron chi connectivity index (χ2n) is 6.01. The maximum absolute atomic E-state index is 11.7. The summed E-state index contributed by atoms with van der Waals surface area (Å²) >= 11 is 0. The Morgan fingerprint density at radius 2 is 1.71 bits per heavy atom. The Morgan fingerprint density at radius 3 is 2.19 bits per heavy atom. The second kappa shape index (κ2) is 7.11. The van der Waals surface area contributed by atoms with Crippen LogP contribution in [0.4, 0.5) is 4.79 Å². The van der Waals surface area contributed by atoms with Crippen molar-refractivity contribution in [1.82, 2.24) is 5.32 Å². The standard InChI is InChI=1S/C16H23NO4/c1-11(2)20-14(18)13-8-6-12(7-9-13)10-17-15(19)21-16(3,4)5/h6-9,11H,10H2,1-5H3,(H,17,19). The minimum atomic E-state index is -0.519. The first-order chi connectivity index (χ1) is 9.67. The summed E-state index contributed by atoms with van der Waals surface area (Å²) in [7, 11) is 0. The van der Waals surface area contributed by atoms with Crippen LogP contribution in [0.1, 0.15) is 50.5 Å². The quantitative estimate of drug-likeness (QED) is 0.865. The van der Waals surface area contributed by atoms with E-state index in [0.717, 1.165) is 5.56 Å². The maximum Gasteiger partial charge on any atom is 0.407 e. The zero-order chi connectivity index (χ0) is 16.0. The molecule has 0 heterocycles. The number of alkyl carbamates (subject to hydrolysis) is 1. The molecule has 0 bridgehead atoms. The zero-order valence-electron chi connectivity index (χ0n) is 13.2. The predicted molar refractivity (Wildman–Crippen MR) is 80.1 cm³/mol. The first-order valence-corrected chi connectivity index (χ1v) is 6.94. The molecule has 1 aromatic rings. The van der Waals surface area contributed by atoms with Crippen molar-refractivity contribution in [3.05, 3.63) is 35.4 Å². The lowest BCUT2D eigenvalue weighted by Crippen LogP contribution is -2.32. The fourth-order valence-corrected chi connectivity index (χ4v) is 1.53. The zero-order valence-corrected chi connectivity index (χ0v) is 13.2. The van der Waals surface area contributed by atoms with Gasteiger partial charge in [0.05, 0.1) is 11.7 Å². The maximum atomic E-state index is 11.7. The number of hydrogen-bond acceptors (Lipinski definition) is 4. The van der Waals surface area contributed by atoms with Crippen molar-refractivity contribution in [2.24, 2.45) is 0 Å². The van der Waals surface area contributed by atoms with E-state index in [2.05, 4.69) is 5.32 Å². The number of amides is 1. The van der Waals surface area contributed by atoms with Crippen molar-refractivity contribution in [1.29, 1.82) is 0 Å². The molecule has 1 aromatic carbocycles. The molecule has 0 aromatic heterocycles. The van der Waals surface area contributed by atoms with Crippen LogP contribution in [-0.4, -0.2) is 23.8 Å². The molecule has 0 saturated heterocycles. The molecule has 0 unspecified atom stereocenters. The second-order valence-corrected chi connectivity index (χ2v) is 6.01. The summed E-state index contributed by atoms with van der Waals surface area (Å²) in [6.07, 6.45) is -0.614. The van der Waals surface area contributed by atoms with Crippen LogP contribution in [0.15, 0.2) is 24.3 Å². The Balaban J connectivity index is 2.52. The normalized spacial score (nSPS) is 11.1. The van der Waals surface area contributed by atoms with Gasteiger partial charge >= 0.3 is 12.1 Å². The monoisotopic (exact) mass is 293 g/mol. The van der Waals surface area contributed by atoms with E-state index < -0.39 is 11.7 Å². The van der Waals surface area contributed by atoms with Crippen LogP contribution >= 0.6 is 0 Å². The molecule has 5 nitrogen and oxygen atoms in total. The molecule has 116 valence electrons. The SMILES string of the molecule is CC(C)OC(=O)c1ccc(CNC(=O)OC(C)(C)C)cc1. The number of hydrogen-bond donors (Lipinski definition) is 1. The van der Waals surface area contributed by atoms with Crippen LogP contribution < -0.4 is 5.32 Å². The van der Waals surface area contributed by atoms with Crippen LogP contribution in [0.3, 0.4) is 0 Å². The molecular formula is C16H23NO4. The van der Waals surface area contributed by atoms with Crippen molar-refractivity contribution < 1.29 is 19.1 Å². The lowest BCUT2D eigenvalue weighted by Gasteiger charge is -2.19. The van der Waals surface area contributed by atoms with E-state index in [0.29, 0.717) is 12.1 Å². The van der Waals surface area contributed by atoms with Crippen molar-refractivity contribution in [3.63, 3.8) is 0 Å². The van der Waals surface area contributed by atoms with Crippen molar-refractivity contribution in [2.75, 3.05) is 0 Å². The van der Waals surface area contributed by atoms with Crippen LogP contribution in [0.2, 0.25) is 0 Å². The molecule has 0 saturated carbocycles. The van der Waals surface area contributed by atoms with Crippen LogP contribution in [0, 0.1) is 0 Å². The third kappa shape index (κ3) is 6.79. The molecule has 0 aliphatic rings. The predicted octanol–water partition coefficient (Wildman–Crippen LogP) is 3.28. The molecule has 0 fully saturated rings. The molecule has 1 amide bonds. The van der Waals surface area contributed by atoms with E-state index >= 15 is 0 Å². The fraction of sp³-hybridized carbons (Fsp3) is 0.500. The number of esters is 1. The molecule has 1 rings (SSSR count). The number of benzene rings is 1.